The van der Waals surface area contributed by atoms with Crippen molar-refractivity contribution in [1.82, 2.24) is 4.90 Å². The van der Waals surface area contributed by atoms with Crippen LogP contribution in [0.15, 0.2) is 0 Å². The molecule has 4 heteroatoms. The molecule has 1 heterocycles. The topological polar surface area (TPSA) is 57.6 Å². The van der Waals surface area contributed by atoms with E-state index in [2.05, 4.69) is 0 Å². The maximum Gasteiger partial charge on any atom is 0.232 e. The Hall–Kier alpha value is -0.900. The van der Waals surface area contributed by atoms with Crippen LogP contribution in [0.2, 0.25) is 0 Å². The number of nitrogens with zero attached hydrogens (tertiary/aromatic N) is 1. The van der Waals surface area contributed by atoms with E-state index < -0.39 is 0 Å². The molecule has 0 radical (unpaired) electrons. The van der Waals surface area contributed by atoms with E-state index >= 15 is 0 Å². The van der Waals surface area contributed by atoms with E-state index in [0.29, 0.717) is 18.9 Å². The Bertz CT molecular complexity index is 295. The van der Waals surface area contributed by atoms with E-state index in [1.54, 1.807) is 0 Å². The molecule has 2 fully saturated rings. The van der Waals surface area contributed by atoms with Crippen LogP contribution in [0.5, 0.6) is 0 Å². The van der Waals surface area contributed by atoms with Crippen molar-refractivity contribution in [3.05, 3.63) is 0 Å². The molecule has 0 aromatic carbocycles. The second kappa shape index (κ2) is 4.53. The van der Waals surface area contributed by atoms with Crippen LogP contribution in [-0.2, 0) is 9.59 Å². The molecule has 4 nitrogen and oxygen atoms in total. The fraction of sp³-hybridized carbons (Fsp3) is 0.833. The number of likely N-dealkylation sites (tertiary alicyclic amines) is 1. The summed E-state index contributed by atoms with van der Waals surface area (Å²) in [5.74, 6) is 0.211. The Morgan fingerprint density at radius 1 is 1.25 bits per heavy atom. The standard InChI is InChI=1S/C12H19NO3/c1-8-6-11(15)13(12(8)16)7-9-2-4-10(14)5-3-9/h8-10,14H,2-7H2,1H3. The summed E-state index contributed by atoms with van der Waals surface area (Å²) in [6.45, 7) is 2.37. The number of imide groups is 1. The van der Waals surface area contributed by atoms with Crippen LogP contribution >= 0.6 is 0 Å². The molecule has 0 aromatic heterocycles. The van der Waals surface area contributed by atoms with Crippen molar-refractivity contribution >= 4 is 11.8 Å². The largest absolute Gasteiger partial charge is 0.393 e. The smallest absolute Gasteiger partial charge is 0.232 e. The lowest BCUT2D eigenvalue weighted by atomic mass is 9.87. The molecule has 1 aliphatic heterocycles. The van der Waals surface area contributed by atoms with Crippen LogP contribution in [0.25, 0.3) is 0 Å². The van der Waals surface area contributed by atoms with Gasteiger partial charge >= 0.3 is 0 Å². The van der Waals surface area contributed by atoms with Crippen molar-refractivity contribution in [2.75, 3.05) is 6.54 Å². The molecule has 1 unspecified atom stereocenters. The SMILES string of the molecule is CC1CC(=O)N(CC2CCC(O)CC2)C1=O. The summed E-state index contributed by atoms with van der Waals surface area (Å²) in [5, 5.41) is 9.39. The van der Waals surface area contributed by atoms with Crippen LogP contribution in [0.1, 0.15) is 39.0 Å². The van der Waals surface area contributed by atoms with E-state index in [4.69, 9.17) is 0 Å². The molecular weight excluding hydrogens is 206 g/mol. The first kappa shape index (κ1) is 11.6. The second-order valence-electron chi connectivity index (χ2n) is 5.12. The second-order valence-corrected chi connectivity index (χ2v) is 5.12. The summed E-state index contributed by atoms with van der Waals surface area (Å²) in [6.07, 6.45) is 3.64. The highest BCUT2D eigenvalue weighted by Gasteiger charge is 2.37. The van der Waals surface area contributed by atoms with Gasteiger partial charge in [-0.3, -0.25) is 14.5 Å². The van der Waals surface area contributed by atoms with Gasteiger partial charge in [-0.2, -0.15) is 0 Å². The number of aliphatic hydroxyl groups is 1. The van der Waals surface area contributed by atoms with Gasteiger partial charge in [0.05, 0.1) is 6.10 Å². The highest BCUT2D eigenvalue weighted by Crippen LogP contribution is 2.27. The third-order valence-corrected chi connectivity index (χ3v) is 3.73. The number of carbonyl (C=O) groups is 2. The first-order valence-corrected chi connectivity index (χ1v) is 6.10. The van der Waals surface area contributed by atoms with Gasteiger partial charge in [-0.1, -0.05) is 6.92 Å². The molecule has 0 spiro atoms. The maximum absolute atomic E-state index is 11.7. The maximum atomic E-state index is 11.7. The summed E-state index contributed by atoms with van der Waals surface area (Å²) in [4.78, 5) is 24.7. The van der Waals surface area contributed by atoms with Gasteiger partial charge in [-0.05, 0) is 31.6 Å². The lowest BCUT2D eigenvalue weighted by molar-refractivity contribution is -0.140. The average molecular weight is 225 g/mol. The number of aliphatic hydroxyl groups excluding tert-OH is 1. The molecule has 2 amide bonds. The molecule has 16 heavy (non-hydrogen) atoms. The summed E-state index contributed by atoms with van der Waals surface area (Å²) < 4.78 is 0. The van der Waals surface area contributed by atoms with Gasteiger partial charge in [0.2, 0.25) is 11.8 Å². The zero-order chi connectivity index (χ0) is 11.7. The Balaban J connectivity index is 1.90. The van der Waals surface area contributed by atoms with Crippen LogP contribution in [0.3, 0.4) is 0 Å². The number of carbonyl (C=O) groups excluding carboxylic acids is 2. The van der Waals surface area contributed by atoms with Gasteiger partial charge < -0.3 is 5.11 Å². The van der Waals surface area contributed by atoms with E-state index in [9.17, 15) is 14.7 Å². The van der Waals surface area contributed by atoms with E-state index in [1.165, 1.54) is 4.90 Å². The molecule has 0 aromatic rings. The van der Waals surface area contributed by atoms with Crippen molar-refractivity contribution in [2.24, 2.45) is 11.8 Å². The zero-order valence-corrected chi connectivity index (χ0v) is 9.69. The Labute approximate surface area is 95.6 Å². The third-order valence-electron chi connectivity index (χ3n) is 3.73. The summed E-state index contributed by atoms with van der Waals surface area (Å²) >= 11 is 0. The van der Waals surface area contributed by atoms with Crippen molar-refractivity contribution in [2.45, 2.75) is 45.1 Å². The van der Waals surface area contributed by atoms with Crippen molar-refractivity contribution in [1.29, 1.82) is 0 Å². The van der Waals surface area contributed by atoms with E-state index in [0.717, 1.165) is 25.7 Å². The van der Waals surface area contributed by atoms with Gasteiger partial charge in [0.15, 0.2) is 0 Å². The molecule has 1 N–H and O–H groups in total. The Morgan fingerprint density at radius 3 is 2.38 bits per heavy atom. The van der Waals surface area contributed by atoms with Gasteiger partial charge in [0.25, 0.3) is 0 Å². The average Bonchev–Trinajstić information content (AvgIpc) is 2.48. The highest BCUT2D eigenvalue weighted by molar-refractivity contribution is 6.03. The number of rotatable bonds is 2. The molecule has 1 aliphatic carbocycles. The predicted molar refractivity (Wildman–Crippen MR) is 58.5 cm³/mol. The number of hydrogen-bond acceptors (Lipinski definition) is 3. The van der Waals surface area contributed by atoms with Crippen LogP contribution in [-0.4, -0.2) is 34.5 Å². The van der Waals surface area contributed by atoms with Crippen LogP contribution < -0.4 is 0 Å². The highest BCUT2D eigenvalue weighted by atomic mass is 16.3. The molecule has 2 rings (SSSR count). The molecule has 1 atom stereocenters. The summed E-state index contributed by atoms with van der Waals surface area (Å²) in [5.41, 5.74) is 0. The lowest BCUT2D eigenvalue weighted by Crippen LogP contribution is -2.36. The monoisotopic (exact) mass is 225 g/mol. The van der Waals surface area contributed by atoms with Gasteiger partial charge in [-0.25, -0.2) is 0 Å². The third kappa shape index (κ3) is 2.26. The number of hydrogen-bond donors (Lipinski definition) is 1. The minimum absolute atomic E-state index is 0.0175. The molecule has 1 saturated heterocycles. The summed E-state index contributed by atoms with van der Waals surface area (Å²) in [6, 6.07) is 0. The Kier molecular flexibility index (Phi) is 3.28. The minimum atomic E-state index is -0.180. The zero-order valence-electron chi connectivity index (χ0n) is 9.69. The minimum Gasteiger partial charge on any atom is -0.393 e. The first-order valence-electron chi connectivity index (χ1n) is 6.10. The lowest BCUT2D eigenvalue weighted by Gasteiger charge is -2.28. The Morgan fingerprint density at radius 2 is 1.88 bits per heavy atom. The molecule has 0 bridgehead atoms. The molecule has 1 saturated carbocycles. The molecule has 90 valence electrons. The predicted octanol–water partition coefficient (Wildman–Crippen LogP) is 0.933. The molecular formula is C12H19NO3. The van der Waals surface area contributed by atoms with Crippen molar-refractivity contribution < 1.29 is 14.7 Å². The van der Waals surface area contributed by atoms with Gasteiger partial charge in [-0.15, -0.1) is 0 Å². The van der Waals surface area contributed by atoms with Crippen LogP contribution in [0, 0.1) is 11.8 Å². The van der Waals surface area contributed by atoms with Gasteiger partial charge in [0.1, 0.15) is 0 Å². The van der Waals surface area contributed by atoms with Crippen molar-refractivity contribution in [3.63, 3.8) is 0 Å². The number of amides is 2. The molecule has 2 aliphatic rings. The normalized spacial score (nSPS) is 35.9. The summed E-state index contributed by atoms with van der Waals surface area (Å²) in [7, 11) is 0. The van der Waals surface area contributed by atoms with Crippen LogP contribution in [0.4, 0.5) is 0 Å². The quantitative estimate of drug-likeness (QED) is 0.711. The van der Waals surface area contributed by atoms with E-state index in [1.807, 2.05) is 6.92 Å². The van der Waals surface area contributed by atoms with E-state index in [-0.39, 0.29) is 23.8 Å². The van der Waals surface area contributed by atoms with Crippen molar-refractivity contribution in [3.8, 4) is 0 Å². The fourth-order valence-corrected chi connectivity index (χ4v) is 2.63. The first-order chi connectivity index (χ1) is 7.58. The fourth-order valence-electron chi connectivity index (χ4n) is 2.63. The van der Waals surface area contributed by atoms with Gasteiger partial charge in [0, 0.05) is 18.9 Å².